The van der Waals surface area contributed by atoms with Crippen molar-refractivity contribution in [3.63, 3.8) is 0 Å². The average molecular weight is 810 g/mol. The van der Waals surface area contributed by atoms with E-state index < -0.39 is 0 Å². The summed E-state index contributed by atoms with van der Waals surface area (Å²) < 4.78 is 0.577. The van der Waals surface area contributed by atoms with Gasteiger partial charge >= 0.3 is 0 Å². The molecular formula is C54H61N6O+. The summed E-state index contributed by atoms with van der Waals surface area (Å²) in [7, 11) is 1.97. The van der Waals surface area contributed by atoms with Crippen LogP contribution in [0.5, 0.6) is 0 Å². The van der Waals surface area contributed by atoms with Gasteiger partial charge in [-0.15, -0.1) is 0 Å². The maximum Gasteiger partial charge on any atom is 0.222 e. The number of hydrogen-bond donors (Lipinski definition) is 2. The Kier molecular flexibility index (Phi) is 12.0. The van der Waals surface area contributed by atoms with Crippen LogP contribution < -0.4 is 4.48 Å². The van der Waals surface area contributed by atoms with E-state index in [1.54, 1.807) is 0 Å². The molecule has 7 nitrogen and oxygen atoms in total. The summed E-state index contributed by atoms with van der Waals surface area (Å²) in [5.74, 6) is 0.368. The first kappa shape index (κ1) is 41.7. The average Bonchev–Trinajstić information content (AvgIpc) is 3.99. The van der Waals surface area contributed by atoms with Crippen LogP contribution in [0.4, 0.5) is 17.1 Å². The Morgan fingerprint density at radius 1 is 0.689 bits per heavy atom. The quantitative estimate of drug-likeness (QED) is 0.121. The van der Waals surface area contributed by atoms with Gasteiger partial charge in [0.15, 0.2) is 0 Å². The number of carbonyl (C=O) groups excluding carboxylic acids is 1. The van der Waals surface area contributed by atoms with Crippen LogP contribution in [-0.2, 0) is 17.6 Å². The number of allylic oxidation sites excluding steroid dienone is 1. The second-order valence-corrected chi connectivity index (χ2v) is 17.2. The van der Waals surface area contributed by atoms with Crippen molar-refractivity contribution >= 4 is 56.7 Å². The third kappa shape index (κ3) is 7.88. The van der Waals surface area contributed by atoms with Gasteiger partial charge < -0.3 is 14.9 Å². The number of quaternary nitrogens is 1. The summed E-state index contributed by atoms with van der Waals surface area (Å²) in [5, 5.41) is 0. The summed E-state index contributed by atoms with van der Waals surface area (Å²) in [6.07, 6.45) is 6.04. The predicted octanol–water partition coefficient (Wildman–Crippen LogP) is 13.1. The van der Waals surface area contributed by atoms with Crippen molar-refractivity contribution in [1.29, 1.82) is 0 Å². The molecule has 2 N–H and O–H groups in total. The lowest BCUT2D eigenvalue weighted by atomic mass is 9.85. The Bertz CT molecular complexity index is 2650. The van der Waals surface area contributed by atoms with E-state index in [1.165, 1.54) is 39.3 Å². The molecule has 1 amide bonds. The largest absolute Gasteiger partial charge is 0.355 e. The fourth-order valence-corrected chi connectivity index (χ4v) is 9.93. The standard InChI is InChI=1S/C54H61N6O/c1-9-43-37(5)49-34-52-44(10-2)36(4)48(56-52)33-50-38(6)45(54(58-50)39(7)47-31-35(3)46(55-47)32-51(43)57-49)27-28-53(61)59(8)29-20-30-60(40-21-14-11-15-22-40,41-23-16-12-17-24-41)42-25-18-13-19-26-42/h11-19,21-26,31-34,38,45,56-57H,9-10,20,27-30H2,1-8H3/q+1/t38-,45-/m0/s1. The smallest absolute Gasteiger partial charge is 0.222 e. The number of para-hydroxylation sites is 3. The first-order valence-electron chi connectivity index (χ1n) is 22.2. The number of carbonyl (C=O) groups is 1. The molecule has 8 rings (SSSR count). The molecule has 0 spiro atoms. The van der Waals surface area contributed by atoms with Gasteiger partial charge in [-0.05, 0) is 141 Å². The molecule has 2 aliphatic rings. The Hall–Kier alpha value is -6.05. The summed E-state index contributed by atoms with van der Waals surface area (Å²) >= 11 is 0. The molecule has 0 saturated carbocycles. The molecule has 0 unspecified atom stereocenters. The number of benzene rings is 3. The van der Waals surface area contributed by atoms with Gasteiger partial charge in [-0.2, -0.15) is 0 Å². The predicted molar refractivity (Wildman–Crippen MR) is 255 cm³/mol. The summed E-state index contributed by atoms with van der Waals surface area (Å²) in [6, 6.07) is 39.0. The molecule has 5 heterocycles. The van der Waals surface area contributed by atoms with Gasteiger partial charge in [0.2, 0.25) is 5.91 Å². The van der Waals surface area contributed by atoms with E-state index in [-0.39, 0.29) is 17.7 Å². The molecule has 7 heteroatoms. The fraction of sp³-hybridized carbons (Fsp3) is 0.315. The molecule has 2 atom stereocenters. The van der Waals surface area contributed by atoms with E-state index >= 15 is 0 Å². The lowest BCUT2D eigenvalue weighted by Crippen LogP contribution is -2.41. The van der Waals surface area contributed by atoms with Crippen LogP contribution in [0, 0.1) is 20.8 Å². The van der Waals surface area contributed by atoms with E-state index in [0.29, 0.717) is 23.9 Å². The molecule has 0 fully saturated rings. The second kappa shape index (κ2) is 17.5. The minimum absolute atomic E-state index is 0.0779. The van der Waals surface area contributed by atoms with Crippen molar-refractivity contribution in [2.75, 3.05) is 20.1 Å². The van der Waals surface area contributed by atoms with E-state index in [0.717, 1.165) is 81.8 Å². The van der Waals surface area contributed by atoms with Crippen molar-refractivity contribution in [1.82, 2.24) is 29.3 Å². The molecule has 312 valence electrons. The maximum absolute atomic E-state index is 14.1. The Labute approximate surface area is 361 Å². The van der Waals surface area contributed by atoms with Gasteiger partial charge in [0, 0.05) is 71.7 Å². The van der Waals surface area contributed by atoms with Crippen molar-refractivity contribution in [2.24, 2.45) is 0 Å². The highest BCUT2D eigenvalue weighted by Crippen LogP contribution is 2.45. The van der Waals surface area contributed by atoms with Crippen LogP contribution in [0.1, 0.15) is 109 Å². The first-order chi connectivity index (χ1) is 29.5. The summed E-state index contributed by atoms with van der Waals surface area (Å²) in [5.41, 5.74) is 19.5. The third-order valence-corrected chi connectivity index (χ3v) is 13.6. The number of aryl methyl sites for hydroxylation is 4. The van der Waals surface area contributed by atoms with Crippen LogP contribution in [0.15, 0.2) is 109 Å². The number of H-pyrrole nitrogens is 2. The molecule has 61 heavy (non-hydrogen) atoms. The number of hydrogen-bond acceptors (Lipinski definition) is 3. The van der Waals surface area contributed by atoms with Crippen LogP contribution in [0.25, 0.3) is 33.7 Å². The Morgan fingerprint density at radius 3 is 1.75 bits per heavy atom. The van der Waals surface area contributed by atoms with Gasteiger partial charge in [0.25, 0.3) is 0 Å². The maximum atomic E-state index is 14.1. The number of fused-ring (bicyclic) bond motifs is 8. The minimum Gasteiger partial charge on any atom is -0.355 e. The number of rotatable bonds is 12. The highest BCUT2D eigenvalue weighted by Gasteiger charge is 2.36. The molecule has 0 aliphatic carbocycles. The summed E-state index contributed by atoms with van der Waals surface area (Å²) in [6.45, 7) is 17.0. The molecule has 3 aromatic carbocycles. The second-order valence-electron chi connectivity index (χ2n) is 17.2. The van der Waals surface area contributed by atoms with Crippen molar-refractivity contribution in [3.8, 4) is 0 Å². The van der Waals surface area contributed by atoms with Crippen molar-refractivity contribution in [2.45, 2.75) is 92.4 Å². The zero-order chi connectivity index (χ0) is 42.8. The number of nitrogens with zero attached hydrogens (tertiary/aromatic N) is 4. The lowest BCUT2D eigenvalue weighted by Gasteiger charge is -2.38. The Balaban J connectivity index is 1.10. The lowest BCUT2D eigenvalue weighted by molar-refractivity contribution is -0.130. The fourth-order valence-electron chi connectivity index (χ4n) is 9.93. The zero-order valence-electron chi connectivity index (χ0n) is 37.3. The summed E-state index contributed by atoms with van der Waals surface area (Å²) in [4.78, 5) is 34.3. The monoisotopic (exact) mass is 809 g/mol. The minimum atomic E-state index is 0.0779. The zero-order valence-corrected chi connectivity index (χ0v) is 37.3. The molecule has 6 aromatic rings. The molecule has 3 aromatic heterocycles. The van der Waals surface area contributed by atoms with Crippen LogP contribution in [0.2, 0.25) is 0 Å². The molecule has 0 radical (unpaired) electrons. The molecule has 8 bridgehead atoms. The van der Waals surface area contributed by atoms with Gasteiger partial charge in [-0.25, -0.2) is 9.47 Å². The number of nitrogens with one attached hydrogen (secondary N) is 2. The van der Waals surface area contributed by atoms with Crippen molar-refractivity contribution < 1.29 is 4.79 Å². The number of aromatic nitrogens is 4. The van der Waals surface area contributed by atoms with Crippen LogP contribution in [-0.4, -0.2) is 50.9 Å². The van der Waals surface area contributed by atoms with Crippen LogP contribution in [0.3, 0.4) is 0 Å². The normalized spacial score (nSPS) is 15.2. The van der Waals surface area contributed by atoms with E-state index in [9.17, 15) is 4.79 Å². The highest BCUT2D eigenvalue weighted by molar-refractivity contribution is 5.85. The van der Waals surface area contributed by atoms with Crippen molar-refractivity contribution in [3.05, 3.63) is 160 Å². The first-order valence-corrected chi connectivity index (χ1v) is 22.2. The van der Waals surface area contributed by atoms with Gasteiger partial charge in [-0.3, -0.25) is 9.78 Å². The van der Waals surface area contributed by atoms with Crippen LogP contribution >= 0.6 is 0 Å². The molecule has 2 aliphatic heterocycles. The van der Waals surface area contributed by atoms with Gasteiger partial charge in [0.05, 0.1) is 17.9 Å². The van der Waals surface area contributed by atoms with Gasteiger partial charge in [0.1, 0.15) is 17.1 Å². The van der Waals surface area contributed by atoms with E-state index in [4.69, 9.17) is 9.97 Å². The van der Waals surface area contributed by atoms with E-state index in [2.05, 4.69) is 174 Å². The number of aromatic amines is 2. The Morgan fingerprint density at radius 2 is 1.21 bits per heavy atom. The third-order valence-electron chi connectivity index (χ3n) is 13.6. The topological polar surface area (TPSA) is 77.7 Å². The highest BCUT2D eigenvalue weighted by atomic mass is 16.2. The molecular weight excluding hydrogens is 749 g/mol. The molecule has 0 saturated heterocycles. The van der Waals surface area contributed by atoms with E-state index in [1.807, 2.05) is 11.9 Å². The SMILES string of the molecule is CCc1c(C)c2cc3[nH]c(cc4nc(c(C)c5nc(cc1[nH]2)C(C)=C5)[C@@H](CCC(=O)N(C)CCC[N+](c1ccccc1)(c1ccccc1)c1ccccc1)[C@@H]4C)c(C)c3CC. The number of amides is 1. The van der Waals surface area contributed by atoms with Gasteiger partial charge in [-0.1, -0.05) is 75.4 Å².